The van der Waals surface area contributed by atoms with Gasteiger partial charge in [0.15, 0.2) is 0 Å². The van der Waals surface area contributed by atoms with Crippen LogP contribution in [0, 0.1) is 0 Å². The molecule has 1 rings (SSSR count). The summed E-state index contributed by atoms with van der Waals surface area (Å²) in [6.45, 7) is 2.46. The Balaban J connectivity index is 2.68. The van der Waals surface area contributed by atoms with Gasteiger partial charge in [-0.05, 0) is 41.1 Å². The van der Waals surface area contributed by atoms with Crippen molar-refractivity contribution in [1.29, 1.82) is 0 Å². The second-order valence-corrected chi connectivity index (χ2v) is 3.87. The van der Waals surface area contributed by atoms with Gasteiger partial charge < -0.3 is 10.6 Å². The first kappa shape index (κ1) is 11.3. The minimum atomic E-state index is -0.221. The molecule has 0 aliphatic carbocycles. The Morgan fingerprint density at radius 2 is 2.29 bits per heavy atom. The standard InChI is InChI=1S/C9H10BrClN2O/c1-2-12-9(14)13-6-3-4-8(11)7(10)5-6/h3-5H,2H2,1H3,(H2,12,13,14). The maximum atomic E-state index is 11.1. The Morgan fingerprint density at radius 1 is 1.57 bits per heavy atom. The van der Waals surface area contributed by atoms with E-state index >= 15 is 0 Å². The lowest BCUT2D eigenvalue weighted by Gasteiger charge is -2.06. The highest BCUT2D eigenvalue weighted by Crippen LogP contribution is 2.25. The maximum Gasteiger partial charge on any atom is 0.319 e. The quantitative estimate of drug-likeness (QED) is 0.856. The molecule has 0 aliphatic heterocycles. The Hall–Kier alpha value is -0.740. The van der Waals surface area contributed by atoms with Gasteiger partial charge in [0.1, 0.15) is 0 Å². The molecule has 0 bridgehead atoms. The third-order valence-corrected chi connectivity index (χ3v) is 2.73. The molecule has 0 fully saturated rings. The van der Waals surface area contributed by atoms with E-state index in [2.05, 4.69) is 26.6 Å². The molecule has 0 spiro atoms. The van der Waals surface area contributed by atoms with E-state index in [1.54, 1.807) is 18.2 Å². The van der Waals surface area contributed by atoms with E-state index in [4.69, 9.17) is 11.6 Å². The molecule has 0 atom stereocenters. The second-order valence-electron chi connectivity index (χ2n) is 2.61. The lowest BCUT2D eigenvalue weighted by Crippen LogP contribution is -2.28. The van der Waals surface area contributed by atoms with Gasteiger partial charge in [-0.1, -0.05) is 11.6 Å². The fraction of sp³-hybridized carbons (Fsp3) is 0.222. The van der Waals surface area contributed by atoms with Crippen LogP contribution in [-0.2, 0) is 0 Å². The van der Waals surface area contributed by atoms with Gasteiger partial charge in [-0.2, -0.15) is 0 Å². The van der Waals surface area contributed by atoms with Crippen molar-refractivity contribution in [3.63, 3.8) is 0 Å². The van der Waals surface area contributed by atoms with Gasteiger partial charge in [-0.15, -0.1) is 0 Å². The van der Waals surface area contributed by atoms with E-state index in [9.17, 15) is 4.79 Å². The minimum Gasteiger partial charge on any atom is -0.338 e. The molecule has 76 valence electrons. The van der Waals surface area contributed by atoms with Crippen LogP contribution in [0.4, 0.5) is 10.5 Å². The van der Waals surface area contributed by atoms with Crippen LogP contribution in [-0.4, -0.2) is 12.6 Å². The Kier molecular flexibility index (Phi) is 4.22. The highest BCUT2D eigenvalue weighted by Gasteiger charge is 2.02. The molecule has 2 amide bonds. The summed E-state index contributed by atoms with van der Waals surface area (Å²) in [6, 6.07) is 4.98. The number of carbonyl (C=O) groups excluding carboxylic acids is 1. The van der Waals surface area contributed by atoms with E-state index in [-0.39, 0.29) is 6.03 Å². The molecule has 0 saturated heterocycles. The van der Waals surface area contributed by atoms with Crippen molar-refractivity contribution in [2.75, 3.05) is 11.9 Å². The molecule has 3 nitrogen and oxygen atoms in total. The fourth-order valence-corrected chi connectivity index (χ4v) is 1.41. The van der Waals surface area contributed by atoms with Gasteiger partial charge in [0, 0.05) is 16.7 Å². The van der Waals surface area contributed by atoms with Crippen LogP contribution >= 0.6 is 27.5 Å². The van der Waals surface area contributed by atoms with Crippen molar-refractivity contribution in [2.45, 2.75) is 6.92 Å². The zero-order valence-electron chi connectivity index (χ0n) is 7.60. The number of urea groups is 1. The molecule has 1 aromatic carbocycles. The second kappa shape index (κ2) is 5.22. The maximum absolute atomic E-state index is 11.1. The summed E-state index contributed by atoms with van der Waals surface area (Å²) >= 11 is 9.07. The molecular weight excluding hydrogens is 267 g/mol. The van der Waals surface area contributed by atoms with Crippen molar-refractivity contribution in [1.82, 2.24) is 5.32 Å². The monoisotopic (exact) mass is 276 g/mol. The number of rotatable bonds is 2. The van der Waals surface area contributed by atoms with Crippen molar-refractivity contribution in [2.24, 2.45) is 0 Å². The predicted molar refractivity (Wildman–Crippen MR) is 61.8 cm³/mol. The molecule has 14 heavy (non-hydrogen) atoms. The molecule has 0 aromatic heterocycles. The predicted octanol–water partition coefficient (Wildman–Crippen LogP) is 3.24. The van der Waals surface area contributed by atoms with E-state index < -0.39 is 0 Å². The smallest absolute Gasteiger partial charge is 0.319 e. The summed E-state index contributed by atoms with van der Waals surface area (Å²) in [6.07, 6.45) is 0. The number of hydrogen-bond acceptors (Lipinski definition) is 1. The largest absolute Gasteiger partial charge is 0.338 e. The summed E-state index contributed by atoms with van der Waals surface area (Å²) in [5, 5.41) is 5.92. The van der Waals surface area contributed by atoms with Crippen LogP contribution in [0.1, 0.15) is 6.92 Å². The molecule has 0 unspecified atom stereocenters. The van der Waals surface area contributed by atoms with E-state index in [1.165, 1.54) is 0 Å². The average Bonchev–Trinajstić information content (AvgIpc) is 2.12. The first-order chi connectivity index (χ1) is 6.63. The van der Waals surface area contributed by atoms with Crippen LogP contribution < -0.4 is 10.6 Å². The zero-order valence-corrected chi connectivity index (χ0v) is 9.95. The minimum absolute atomic E-state index is 0.221. The van der Waals surface area contributed by atoms with Gasteiger partial charge in [0.2, 0.25) is 0 Å². The summed E-state index contributed by atoms with van der Waals surface area (Å²) in [7, 11) is 0. The molecule has 0 aliphatic rings. The zero-order chi connectivity index (χ0) is 10.6. The van der Waals surface area contributed by atoms with E-state index in [1.807, 2.05) is 6.92 Å². The molecule has 0 heterocycles. The van der Waals surface area contributed by atoms with Crippen LogP contribution in [0.3, 0.4) is 0 Å². The summed E-state index contributed by atoms with van der Waals surface area (Å²) in [5.74, 6) is 0. The Bertz CT molecular complexity index is 344. The van der Waals surface area contributed by atoms with Gasteiger partial charge in [0.25, 0.3) is 0 Å². The van der Waals surface area contributed by atoms with Crippen molar-refractivity contribution >= 4 is 39.2 Å². The lowest BCUT2D eigenvalue weighted by atomic mass is 10.3. The topological polar surface area (TPSA) is 41.1 Å². The van der Waals surface area contributed by atoms with Crippen LogP contribution in [0.15, 0.2) is 22.7 Å². The third-order valence-electron chi connectivity index (χ3n) is 1.51. The lowest BCUT2D eigenvalue weighted by molar-refractivity contribution is 0.252. The number of halogens is 2. The molecule has 0 radical (unpaired) electrons. The Morgan fingerprint density at radius 3 is 2.86 bits per heavy atom. The first-order valence-corrected chi connectivity index (χ1v) is 5.30. The number of hydrogen-bond donors (Lipinski definition) is 2. The van der Waals surface area contributed by atoms with Crippen LogP contribution in [0.5, 0.6) is 0 Å². The van der Waals surface area contributed by atoms with Crippen molar-refractivity contribution in [3.05, 3.63) is 27.7 Å². The van der Waals surface area contributed by atoms with Crippen molar-refractivity contribution < 1.29 is 4.79 Å². The van der Waals surface area contributed by atoms with Crippen LogP contribution in [0.25, 0.3) is 0 Å². The average molecular weight is 278 g/mol. The van der Waals surface area contributed by atoms with Gasteiger partial charge >= 0.3 is 6.03 Å². The molecular formula is C9H10BrClN2O. The summed E-state index contributed by atoms with van der Waals surface area (Å²) in [4.78, 5) is 11.1. The first-order valence-electron chi connectivity index (χ1n) is 4.13. The summed E-state index contributed by atoms with van der Waals surface area (Å²) < 4.78 is 0.758. The normalized spacial score (nSPS) is 9.64. The molecule has 0 saturated carbocycles. The molecule has 2 N–H and O–H groups in total. The molecule has 5 heteroatoms. The highest BCUT2D eigenvalue weighted by atomic mass is 79.9. The number of anilines is 1. The van der Waals surface area contributed by atoms with Gasteiger partial charge in [-0.25, -0.2) is 4.79 Å². The highest BCUT2D eigenvalue weighted by molar-refractivity contribution is 9.10. The number of benzene rings is 1. The fourth-order valence-electron chi connectivity index (χ4n) is 0.910. The summed E-state index contributed by atoms with van der Waals surface area (Å²) in [5.41, 5.74) is 0.701. The van der Waals surface area contributed by atoms with Crippen molar-refractivity contribution in [3.8, 4) is 0 Å². The van der Waals surface area contributed by atoms with Crippen LogP contribution in [0.2, 0.25) is 5.02 Å². The van der Waals surface area contributed by atoms with E-state index in [0.29, 0.717) is 17.3 Å². The number of amides is 2. The SMILES string of the molecule is CCNC(=O)Nc1ccc(Cl)c(Br)c1. The number of carbonyl (C=O) groups is 1. The third kappa shape index (κ3) is 3.20. The van der Waals surface area contributed by atoms with Gasteiger partial charge in [0.05, 0.1) is 5.02 Å². The van der Waals surface area contributed by atoms with Gasteiger partial charge in [-0.3, -0.25) is 0 Å². The Labute approximate surface area is 96.0 Å². The number of nitrogens with one attached hydrogen (secondary N) is 2. The van der Waals surface area contributed by atoms with E-state index in [0.717, 1.165) is 4.47 Å². The molecule has 1 aromatic rings.